The number of para-hydroxylation sites is 1. The van der Waals surface area contributed by atoms with E-state index in [1.807, 2.05) is 29.6 Å². The number of thiazole rings is 1. The van der Waals surface area contributed by atoms with Crippen LogP contribution >= 0.6 is 11.3 Å². The molecule has 3 nitrogen and oxygen atoms in total. The van der Waals surface area contributed by atoms with Crippen LogP contribution in [0.2, 0.25) is 0 Å². The van der Waals surface area contributed by atoms with Gasteiger partial charge in [0.15, 0.2) is 0 Å². The topological polar surface area (TPSA) is 39.2 Å². The highest BCUT2D eigenvalue weighted by molar-refractivity contribution is 7.09. The van der Waals surface area contributed by atoms with Crippen LogP contribution in [0.5, 0.6) is 5.75 Å². The molecule has 1 saturated carbocycles. The molecule has 0 bridgehead atoms. The van der Waals surface area contributed by atoms with Crippen molar-refractivity contribution in [2.75, 3.05) is 6.61 Å². The number of benzene rings is 1. The number of hydrogen-bond acceptors (Lipinski definition) is 4. The van der Waals surface area contributed by atoms with Crippen molar-refractivity contribution in [3.05, 3.63) is 46.4 Å². The van der Waals surface area contributed by atoms with E-state index in [9.17, 15) is 4.79 Å². The molecule has 0 N–H and O–H groups in total. The summed E-state index contributed by atoms with van der Waals surface area (Å²) in [5, 5.41) is 2.79. The van der Waals surface area contributed by atoms with E-state index in [1.54, 1.807) is 6.20 Å². The quantitative estimate of drug-likeness (QED) is 0.773. The van der Waals surface area contributed by atoms with Gasteiger partial charge in [-0.15, -0.1) is 11.3 Å². The largest absolute Gasteiger partial charge is 0.493 e. The van der Waals surface area contributed by atoms with Crippen molar-refractivity contribution in [3.8, 4) is 5.75 Å². The molecule has 2 aromatic rings. The molecule has 0 spiro atoms. The fourth-order valence-electron chi connectivity index (χ4n) is 2.96. The lowest BCUT2D eigenvalue weighted by Crippen LogP contribution is -2.11. The SMILES string of the molecule is O=C(Cc1nccs1)Cc1ccccc1OCC1CCCC1. The minimum Gasteiger partial charge on any atom is -0.493 e. The smallest absolute Gasteiger partial charge is 0.144 e. The van der Waals surface area contributed by atoms with E-state index in [4.69, 9.17) is 4.74 Å². The van der Waals surface area contributed by atoms with E-state index in [1.165, 1.54) is 37.0 Å². The first kappa shape index (κ1) is 15.2. The molecule has 0 unspecified atom stereocenters. The average Bonchev–Trinajstić information content (AvgIpc) is 3.19. The maximum atomic E-state index is 12.2. The zero-order chi connectivity index (χ0) is 15.2. The van der Waals surface area contributed by atoms with Crippen molar-refractivity contribution in [2.45, 2.75) is 38.5 Å². The number of Topliss-reactive ketones (excluding diaryl/α,β-unsaturated/α-hetero) is 1. The molecule has 0 atom stereocenters. The van der Waals surface area contributed by atoms with Crippen LogP contribution in [0.3, 0.4) is 0 Å². The van der Waals surface area contributed by atoms with Gasteiger partial charge in [-0.25, -0.2) is 4.98 Å². The maximum absolute atomic E-state index is 12.2. The van der Waals surface area contributed by atoms with Gasteiger partial charge in [0.2, 0.25) is 0 Å². The van der Waals surface area contributed by atoms with Gasteiger partial charge in [-0.1, -0.05) is 31.0 Å². The molecule has 0 aliphatic heterocycles. The number of ether oxygens (including phenoxy) is 1. The van der Waals surface area contributed by atoms with Crippen molar-refractivity contribution >= 4 is 17.1 Å². The Morgan fingerprint density at radius 2 is 2.05 bits per heavy atom. The number of aromatic nitrogens is 1. The predicted molar refractivity (Wildman–Crippen MR) is 88.4 cm³/mol. The predicted octanol–water partition coefficient (Wildman–Crippen LogP) is 4.07. The van der Waals surface area contributed by atoms with Crippen LogP contribution in [0.25, 0.3) is 0 Å². The summed E-state index contributed by atoms with van der Waals surface area (Å²) in [6.07, 6.45) is 7.75. The number of hydrogen-bond donors (Lipinski definition) is 0. The summed E-state index contributed by atoms with van der Waals surface area (Å²) in [6, 6.07) is 7.90. The summed E-state index contributed by atoms with van der Waals surface area (Å²) >= 11 is 1.53. The highest BCUT2D eigenvalue weighted by atomic mass is 32.1. The molecule has 1 aromatic heterocycles. The highest BCUT2D eigenvalue weighted by Crippen LogP contribution is 2.27. The fourth-order valence-corrected chi connectivity index (χ4v) is 3.60. The third-order valence-corrected chi connectivity index (χ3v) is 4.92. The highest BCUT2D eigenvalue weighted by Gasteiger charge is 2.17. The Labute approximate surface area is 135 Å². The lowest BCUT2D eigenvalue weighted by molar-refractivity contribution is -0.117. The second-order valence-corrected chi connectivity index (χ2v) is 6.87. The Balaban J connectivity index is 1.59. The Kier molecular flexibility index (Phi) is 5.22. The molecule has 1 aliphatic rings. The van der Waals surface area contributed by atoms with E-state index >= 15 is 0 Å². The van der Waals surface area contributed by atoms with Crippen LogP contribution in [0, 0.1) is 5.92 Å². The van der Waals surface area contributed by atoms with E-state index in [-0.39, 0.29) is 5.78 Å². The number of ketones is 1. The van der Waals surface area contributed by atoms with Crippen molar-refractivity contribution in [2.24, 2.45) is 5.92 Å². The minimum absolute atomic E-state index is 0.187. The summed E-state index contributed by atoms with van der Waals surface area (Å²) in [7, 11) is 0. The van der Waals surface area contributed by atoms with E-state index in [0.717, 1.165) is 22.9 Å². The van der Waals surface area contributed by atoms with Crippen LogP contribution in [-0.4, -0.2) is 17.4 Å². The summed E-state index contributed by atoms with van der Waals surface area (Å²) in [5.41, 5.74) is 0.988. The molecule has 3 rings (SSSR count). The molecule has 116 valence electrons. The van der Waals surface area contributed by atoms with Crippen molar-refractivity contribution in [1.29, 1.82) is 0 Å². The second kappa shape index (κ2) is 7.54. The molecule has 0 saturated heterocycles. The lowest BCUT2D eigenvalue weighted by atomic mass is 10.1. The molecular weight excluding hydrogens is 294 g/mol. The third-order valence-electron chi connectivity index (χ3n) is 4.14. The van der Waals surface area contributed by atoms with Crippen LogP contribution in [0.4, 0.5) is 0 Å². The molecule has 0 amide bonds. The first-order valence-corrected chi connectivity index (χ1v) is 8.80. The van der Waals surface area contributed by atoms with Crippen molar-refractivity contribution in [1.82, 2.24) is 4.98 Å². The number of carbonyl (C=O) groups excluding carboxylic acids is 1. The van der Waals surface area contributed by atoms with Crippen LogP contribution in [-0.2, 0) is 17.6 Å². The third kappa shape index (κ3) is 4.17. The summed E-state index contributed by atoms with van der Waals surface area (Å²) in [6.45, 7) is 0.775. The first-order chi connectivity index (χ1) is 10.8. The van der Waals surface area contributed by atoms with Gasteiger partial charge in [0.1, 0.15) is 11.5 Å². The van der Waals surface area contributed by atoms with Gasteiger partial charge in [0.25, 0.3) is 0 Å². The monoisotopic (exact) mass is 315 g/mol. The van der Waals surface area contributed by atoms with Gasteiger partial charge in [0.05, 0.1) is 18.0 Å². The fraction of sp³-hybridized carbons (Fsp3) is 0.444. The van der Waals surface area contributed by atoms with E-state index in [2.05, 4.69) is 4.98 Å². The molecule has 1 aromatic carbocycles. The molecule has 4 heteroatoms. The van der Waals surface area contributed by atoms with Crippen LogP contribution < -0.4 is 4.74 Å². The Hall–Kier alpha value is -1.68. The summed E-state index contributed by atoms with van der Waals surface area (Å²) in [5.74, 6) is 1.73. The van der Waals surface area contributed by atoms with Crippen molar-refractivity contribution in [3.63, 3.8) is 0 Å². The second-order valence-electron chi connectivity index (χ2n) is 5.89. The Bertz CT molecular complexity index is 603. The molecule has 1 fully saturated rings. The maximum Gasteiger partial charge on any atom is 0.144 e. The van der Waals surface area contributed by atoms with Crippen molar-refractivity contribution < 1.29 is 9.53 Å². The normalized spacial score (nSPS) is 15.1. The molecular formula is C18H21NO2S. The lowest BCUT2D eigenvalue weighted by Gasteiger charge is -2.14. The molecule has 0 radical (unpaired) electrons. The van der Waals surface area contributed by atoms with Gasteiger partial charge < -0.3 is 4.74 Å². The van der Waals surface area contributed by atoms with Crippen LogP contribution in [0.15, 0.2) is 35.8 Å². The first-order valence-electron chi connectivity index (χ1n) is 7.92. The molecule has 1 heterocycles. The van der Waals surface area contributed by atoms with E-state index < -0.39 is 0 Å². The van der Waals surface area contributed by atoms with E-state index in [0.29, 0.717) is 18.8 Å². The van der Waals surface area contributed by atoms with Gasteiger partial charge in [-0.2, -0.15) is 0 Å². The molecule has 22 heavy (non-hydrogen) atoms. The number of carbonyl (C=O) groups is 1. The summed E-state index contributed by atoms with van der Waals surface area (Å²) < 4.78 is 5.99. The number of rotatable bonds is 7. The van der Waals surface area contributed by atoms with Crippen LogP contribution in [0.1, 0.15) is 36.3 Å². The summed E-state index contributed by atoms with van der Waals surface area (Å²) in [4.78, 5) is 16.4. The average molecular weight is 315 g/mol. The molecule has 1 aliphatic carbocycles. The zero-order valence-electron chi connectivity index (χ0n) is 12.7. The Morgan fingerprint density at radius 3 is 2.82 bits per heavy atom. The van der Waals surface area contributed by atoms with Gasteiger partial charge in [-0.3, -0.25) is 4.79 Å². The number of nitrogens with zero attached hydrogens (tertiary/aromatic N) is 1. The minimum atomic E-state index is 0.187. The Morgan fingerprint density at radius 1 is 1.23 bits per heavy atom. The van der Waals surface area contributed by atoms with Gasteiger partial charge in [-0.05, 0) is 24.8 Å². The van der Waals surface area contributed by atoms with Gasteiger partial charge >= 0.3 is 0 Å². The standard InChI is InChI=1S/C18H21NO2S/c20-16(12-18-19-9-10-22-18)11-15-7-3-4-8-17(15)21-13-14-5-1-2-6-14/h3-4,7-10,14H,1-2,5-6,11-13H2. The zero-order valence-corrected chi connectivity index (χ0v) is 13.5. The van der Waals surface area contributed by atoms with Gasteiger partial charge in [0, 0.05) is 23.6 Å².